The molecule has 0 aromatic heterocycles. The smallest absolute Gasteiger partial charge is 0.143 e. The molecule has 1 heterocycles. The number of hydrogen-bond acceptors (Lipinski definition) is 2. The summed E-state index contributed by atoms with van der Waals surface area (Å²) in [5, 5.41) is 0.419. The van der Waals surface area contributed by atoms with Crippen LogP contribution >= 0.6 is 11.8 Å². The van der Waals surface area contributed by atoms with Gasteiger partial charge in [0, 0.05) is 18.1 Å². The zero-order valence-electron chi connectivity index (χ0n) is 5.09. The minimum Gasteiger partial charge on any atom is -0.299 e. The minimum absolute atomic E-state index is 0.347. The predicted molar refractivity (Wildman–Crippen MR) is 39.3 cm³/mol. The van der Waals surface area contributed by atoms with Crippen molar-refractivity contribution < 1.29 is 4.79 Å². The van der Waals surface area contributed by atoms with Gasteiger partial charge in [-0.25, -0.2) is 0 Å². The first-order valence-electron chi connectivity index (χ1n) is 2.89. The van der Waals surface area contributed by atoms with E-state index in [0.29, 0.717) is 23.2 Å². The molecule has 1 nitrogen and oxygen atoms in total. The summed E-state index contributed by atoms with van der Waals surface area (Å²) in [5.41, 5.74) is 0. The van der Waals surface area contributed by atoms with E-state index in [4.69, 9.17) is 6.42 Å². The fourth-order valence-electron chi connectivity index (χ4n) is 0.845. The maximum absolute atomic E-state index is 10.6. The second-order valence-corrected chi connectivity index (χ2v) is 3.37. The van der Waals surface area contributed by atoms with E-state index in [2.05, 4.69) is 5.92 Å². The van der Waals surface area contributed by atoms with Crippen LogP contribution in [0.1, 0.15) is 12.8 Å². The summed E-state index contributed by atoms with van der Waals surface area (Å²) >= 11 is 1.68. The van der Waals surface area contributed by atoms with E-state index in [1.807, 2.05) is 0 Å². The van der Waals surface area contributed by atoms with Crippen LogP contribution in [0.3, 0.4) is 0 Å². The summed E-state index contributed by atoms with van der Waals surface area (Å²) in [5.74, 6) is 3.58. The van der Waals surface area contributed by atoms with Gasteiger partial charge in [0.25, 0.3) is 0 Å². The molecule has 0 aliphatic carbocycles. The van der Waals surface area contributed by atoms with E-state index in [0.717, 1.165) is 6.42 Å². The van der Waals surface area contributed by atoms with Crippen molar-refractivity contribution >= 4 is 17.5 Å². The second kappa shape index (κ2) is 2.93. The van der Waals surface area contributed by atoms with Crippen molar-refractivity contribution in [3.05, 3.63) is 0 Å². The molecule has 0 N–H and O–H groups in total. The van der Waals surface area contributed by atoms with Crippen LogP contribution in [0.4, 0.5) is 0 Å². The molecule has 0 amide bonds. The van der Waals surface area contributed by atoms with Gasteiger partial charge in [-0.3, -0.25) is 4.79 Å². The van der Waals surface area contributed by atoms with Gasteiger partial charge in [-0.1, -0.05) is 0 Å². The third kappa shape index (κ3) is 1.76. The van der Waals surface area contributed by atoms with E-state index in [9.17, 15) is 4.79 Å². The molecular formula is C7H8OS. The van der Waals surface area contributed by atoms with Crippen LogP contribution < -0.4 is 0 Å². The highest BCUT2D eigenvalue weighted by molar-refractivity contribution is 8.01. The van der Waals surface area contributed by atoms with Crippen molar-refractivity contribution in [3.8, 4) is 12.3 Å². The maximum atomic E-state index is 10.6. The largest absolute Gasteiger partial charge is 0.299 e. The van der Waals surface area contributed by atoms with Gasteiger partial charge in [-0.15, -0.1) is 24.1 Å². The van der Waals surface area contributed by atoms with E-state index < -0.39 is 0 Å². The summed E-state index contributed by atoms with van der Waals surface area (Å²) in [4.78, 5) is 10.6. The van der Waals surface area contributed by atoms with Crippen molar-refractivity contribution in [1.29, 1.82) is 0 Å². The van der Waals surface area contributed by atoms with Gasteiger partial charge in [-0.2, -0.15) is 0 Å². The fourth-order valence-corrected chi connectivity index (χ4v) is 1.90. The summed E-state index contributed by atoms with van der Waals surface area (Å²) in [7, 11) is 0. The fraction of sp³-hybridized carbons (Fsp3) is 0.571. The quantitative estimate of drug-likeness (QED) is 0.507. The third-order valence-electron chi connectivity index (χ3n) is 1.28. The molecule has 0 aromatic carbocycles. The zero-order valence-corrected chi connectivity index (χ0v) is 5.91. The van der Waals surface area contributed by atoms with Crippen molar-refractivity contribution in [2.24, 2.45) is 0 Å². The van der Waals surface area contributed by atoms with Gasteiger partial charge in [0.15, 0.2) is 0 Å². The number of carbonyl (C=O) groups is 1. The van der Waals surface area contributed by atoms with E-state index in [1.165, 1.54) is 0 Å². The molecule has 1 aliphatic heterocycles. The van der Waals surface area contributed by atoms with Gasteiger partial charge < -0.3 is 0 Å². The second-order valence-electron chi connectivity index (χ2n) is 2.08. The van der Waals surface area contributed by atoms with Gasteiger partial charge >= 0.3 is 0 Å². The first-order chi connectivity index (χ1) is 4.33. The molecule has 9 heavy (non-hydrogen) atoms. The molecule has 0 spiro atoms. The van der Waals surface area contributed by atoms with Crippen LogP contribution in [0, 0.1) is 12.3 Å². The van der Waals surface area contributed by atoms with Crippen molar-refractivity contribution in [2.45, 2.75) is 18.1 Å². The zero-order chi connectivity index (χ0) is 6.69. The van der Waals surface area contributed by atoms with E-state index >= 15 is 0 Å². The Bertz CT molecular complexity index is 157. The van der Waals surface area contributed by atoms with Crippen LogP contribution in [-0.4, -0.2) is 16.8 Å². The van der Waals surface area contributed by atoms with Crippen molar-refractivity contribution in [2.75, 3.05) is 5.75 Å². The molecule has 1 aliphatic rings. The standard InChI is InChI=1S/C7H8OS/c1-2-3-7-4-6(8)5-9-7/h1,7H,3-5H2. The number of hydrogen-bond donors (Lipinski definition) is 0. The van der Waals surface area contributed by atoms with E-state index in [-0.39, 0.29) is 0 Å². The first kappa shape index (κ1) is 6.70. The number of Topliss-reactive ketones (excluding diaryl/α,β-unsaturated/α-hetero) is 1. The lowest BCUT2D eigenvalue weighted by molar-refractivity contribution is -0.116. The van der Waals surface area contributed by atoms with Gasteiger partial charge in [-0.05, 0) is 0 Å². The highest BCUT2D eigenvalue weighted by Crippen LogP contribution is 2.25. The SMILES string of the molecule is C#CCC1CC(=O)CS1. The molecule has 0 bridgehead atoms. The Morgan fingerprint density at radius 1 is 1.89 bits per heavy atom. The molecule has 1 unspecified atom stereocenters. The highest BCUT2D eigenvalue weighted by atomic mass is 32.2. The Kier molecular flexibility index (Phi) is 2.18. The van der Waals surface area contributed by atoms with Crippen molar-refractivity contribution in [3.63, 3.8) is 0 Å². The molecule has 0 saturated carbocycles. The summed E-state index contributed by atoms with van der Waals surface area (Å²) in [6.07, 6.45) is 6.51. The Morgan fingerprint density at radius 2 is 2.67 bits per heavy atom. The molecule has 1 fully saturated rings. The molecule has 2 heteroatoms. The van der Waals surface area contributed by atoms with Crippen LogP contribution in [0.15, 0.2) is 0 Å². The summed E-state index contributed by atoms with van der Waals surface area (Å²) in [6, 6.07) is 0. The monoisotopic (exact) mass is 140 g/mol. The Hall–Kier alpha value is -0.420. The Morgan fingerprint density at radius 3 is 3.11 bits per heavy atom. The normalized spacial score (nSPS) is 26.1. The van der Waals surface area contributed by atoms with Gasteiger partial charge in [0.1, 0.15) is 5.78 Å². The first-order valence-corrected chi connectivity index (χ1v) is 3.94. The summed E-state index contributed by atoms with van der Waals surface area (Å²) in [6.45, 7) is 0. The van der Waals surface area contributed by atoms with Crippen LogP contribution in [0.25, 0.3) is 0 Å². The van der Waals surface area contributed by atoms with E-state index in [1.54, 1.807) is 11.8 Å². The van der Waals surface area contributed by atoms with Gasteiger partial charge in [0.2, 0.25) is 0 Å². The number of ketones is 1. The minimum atomic E-state index is 0.347. The number of rotatable bonds is 1. The molecular weight excluding hydrogens is 132 g/mol. The lowest BCUT2D eigenvalue weighted by Gasteiger charge is -1.97. The van der Waals surface area contributed by atoms with Crippen molar-refractivity contribution in [1.82, 2.24) is 0 Å². The molecule has 1 saturated heterocycles. The van der Waals surface area contributed by atoms with Crippen LogP contribution in [0.5, 0.6) is 0 Å². The molecule has 1 rings (SSSR count). The van der Waals surface area contributed by atoms with Gasteiger partial charge in [0.05, 0.1) is 5.75 Å². The lowest BCUT2D eigenvalue weighted by Crippen LogP contribution is -1.97. The number of terminal acetylenes is 1. The number of thioether (sulfide) groups is 1. The average Bonchev–Trinajstić information content (AvgIpc) is 2.17. The molecule has 1 atom stereocenters. The van der Waals surface area contributed by atoms with Crippen LogP contribution in [0.2, 0.25) is 0 Å². The lowest BCUT2D eigenvalue weighted by atomic mass is 10.2. The number of carbonyl (C=O) groups excluding carboxylic acids is 1. The summed E-state index contributed by atoms with van der Waals surface area (Å²) < 4.78 is 0. The maximum Gasteiger partial charge on any atom is 0.143 e. The molecule has 0 radical (unpaired) electrons. The molecule has 48 valence electrons. The topological polar surface area (TPSA) is 17.1 Å². The highest BCUT2D eigenvalue weighted by Gasteiger charge is 2.21. The third-order valence-corrected chi connectivity index (χ3v) is 2.57. The predicted octanol–water partition coefficient (Wildman–Crippen LogP) is 1.08. The Balaban J connectivity index is 2.32. The average molecular weight is 140 g/mol. The molecule has 0 aromatic rings. The van der Waals surface area contributed by atoms with Crippen LogP contribution in [-0.2, 0) is 4.79 Å². The Labute approximate surface area is 59.2 Å².